The maximum atomic E-state index is 13.1. The van der Waals surface area contributed by atoms with Crippen molar-refractivity contribution < 1.29 is 33.4 Å². The summed E-state index contributed by atoms with van der Waals surface area (Å²) in [5.74, 6) is -1.88. The van der Waals surface area contributed by atoms with E-state index in [-0.39, 0.29) is 42.2 Å². The summed E-state index contributed by atoms with van der Waals surface area (Å²) in [6, 6.07) is 19.6. The molecule has 0 radical (unpaired) electrons. The molecule has 5 rings (SSSR count). The summed E-state index contributed by atoms with van der Waals surface area (Å²) in [6.45, 7) is 0.755. The lowest BCUT2D eigenvalue weighted by molar-refractivity contribution is -0.136. The Bertz CT molecular complexity index is 1650. The molecule has 0 aliphatic carbocycles. The van der Waals surface area contributed by atoms with Crippen molar-refractivity contribution >= 4 is 47.4 Å². The second-order valence-corrected chi connectivity index (χ2v) is 11.3. The van der Waals surface area contributed by atoms with E-state index in [2.05, 4.69) is 40.2 Å². The quantitative estimate of drug-likeness (QED) is 0.126. The smallest absolute Gasteiger partial charge is 0.266 e. The molecule has 3 aromatic rings. The first kappa shape index (κ1) is 32.9. The molecule has 1 fully saturated rings. The number of benzene rings is 3. The third kappa shape index (κ3) is 8.43. The van der Waals surface area contributed by atoms with Crippen LogP contribution in [0.25, 0.3) is 12.2 Å². The summed E-state index contributed by atoms with van der Waals surface area (Å²) in [4.78, 5) is 63.1. The van der Waals surface area contributed by atoms with Crippen LogP contribution in [0.2, 0.25) is 0 Å². The number of carbonyl (C=O) groups excluding carboxylic acids is 5. The monoisotopic (exact) mass is 638 g/mol. The predicted octanol–water partition coefficient (Wildman–Crippen LogP) is 4.43. The van der Waals surface area contributed by atoms with E-state index in [1.807, 2.05) is 43.4 Å². The molecule has 11 heteroatoms. The molecule has 3 aromatic carbocycles. The first-order valence-electron chi connectivity index (χ1n) is 15.8. The van der Waals surface area contributed by atoms with Gasteiger partial charge in [-0.2, -0.15) is 0 Å². The summed E-state index contributed by atoms with van der Waals surface area (Å²) in [7, 11) is 1.90. The van der Waals surface area contributed by atoms with Crippen molar-refractivity contribution in [2.75, 3.05) is 32.1 Å². The van der Waals surface area contributed by atoms with Crippen molar-refractivity contribution in [3.63, 3.8) is 0 Å². The van der Waals surface area contributed by atoms with Gasteiger partial charge in [0.2, 0.25) is 11.8 Å². The first-order chi connectivity index (χ1) is 22.8. The number of anilines is 1. The number of hydrogen-bond donors (Lipinski definition) is 3. The van der Waals surface area contributed by atoms with Crippen LogP contribution in [-0.2, 0) is 14.4 Å². The Morgan fingerprint density at radius 3 is 2.28 bits per heavy atom. The fourth-order valence-electron chi connectivity index (χ4n) is 5.43. The molecular formula is C36H38N4O7. The zero-order chi connectivity index (χ0) is 33.2. The maximum Gasteiger partial charge on any atom is 0.266 e. The van der Waals surface area contributed by atoms with E-state index in [0.29, 0.717) is 13.2 Å². The van der Waals surface area contributed by atoms with Crippen LogP contribution >= 0.6 is 0 Å². The maximum absolute atomic E-state index is 13.1. The lowest BCUT2D eigenvalue weighted by Crippen LogP contribution is -2.54. The van der Waals surface area contributed by atoms with Gasteiger partial charge in [0.1, 0.15) is 17.5 Å². The van der Waals surface area contributed by atoms with Crippen molar-refractivity contribution in [1.29, 1.82) is 0 Å². The number of imide groups is 2. The van der Waals surface area contributed by atoms with Crippen LogP contribution in [0.4, 0.5) is 5.69 Å². The number of nitrogens with one attached hydrogen (secondary N) is 3. The van der Waals surface area contributed by atoms with Crippen molar-refractivity contribution in [2.24, 2.45) is 0 Å². The summed E-state index contributed by atoms with van der Waals surface area (Å²) in [5, 5.41) is 8.09. The molecule has 0 saturated carbocycles. The van der Waals surface area contributed by atoms with Gasteiger partial charge in [-0.15, -0.1) is 0 Å². The SMILES string of the molecule is CNc1ccc(/C=C/c2ccc(OCCCCCCNC(=O)COc3cccc4c3C(=O)N(C3CCC(=O)NC3=O)C4=O)cc2)cc1. The highest BCUT2D eigenvalue weighted by Crippen LogP contribution is 2.33. The van der Waals surface area contributed by atoms with Gasteiger partial charge in [-0.25, -0.2) is 0 Å². The topological polar surface area (TPSA) is 143 Å². The van der Waals surface area contributed by atoms with Crippen LogP contribution in [0, 0.1) is 0 Å². The molecule has 1 unspecified atom stereocenters. The molecule has 11 nitrogen and oxygen atoms in total. The van der Waals surface area contributed by atoms with Crippen LogP contribution in [0.15, 0.2) is 66.7 Å². The lowest BCUT2D eigenvalue weighted by atomic mass is 10.0. The molecule has 2 aliphatic rings. The number of unbranched alkanes of at least 4 members (excludes halogenated alkanes) is 3. The molecular weight excluding hydrogens is 600 g/mol. The average Bonchev–Trinajstić information content (AvgIpc) is 3.34. The fraction of sp³-hybridized carbons (Fsp3) is 0.306. The second-order valence-electron chi connectivity index (χ2n) is 11.3. The molecule has 244 valence electrons. The molecule has 5 amide bonds. The first-order valence-corrected chi connectivity index (χ1v) is 15.8. The van der Waals surface area contributed by atoms with Crippen LogP contribution in [0.3, 0.4) is 0 Å². The minimum atomic E-state index is -1.07. The minimum absolute atomic E-state index is 0.0107. The largest absolute Gasteiger partial charge is 0.494 e. The van der Waals surface area contributed by atoms with Gasteiger partial charge in [0.15, 0.2) is 6.61 Å². The number of nitrogens with zero attached hydrogens (tertiary/aromatic N) is 1. The number of piperidine rings is 1. The third-order valence-electron chi connectivity index (χ3n) is 8.00. The molecule has 1 saturated heterocycles. The molecule has 47 heavy (non-hydrogen) atoms. The highest BCUT2D eigenvalue weighted by molar-refractivity contribution is 6.24. The molecule has 0 bridgehead atoms. The Balaban J connectivity index is 0.961. The van der Waals surface area contributed by atoms with Gasteiger partial charge in [-0.1, -0.05) is 55.3 Å². The Morgan fingerprint density at radius 2 is 1.57 bits per heavy atom. The number of amides is 5. The van der Waals surface area contributed by atoms with E-state index in [1.165, 1.54) is 12.1 Å². The Hall–Kier alpha value is -5.45. The van der Waals surface area contributed by atoms with Crippen molar-refractivity contribution in [3.8, 4) is 11.5 Å². The van der Waals surface area contributed by atoms with Gasteiger partial charge < -0.3 is 20.1 Å². The second kappa shape index (κ2) is 15.7. The van der Waals surface area contributed by atoms with Gasteiger partial charge in [0.05, 0.1) is 17.7 Å². The summed E-state index contributed by atoms with van der Waals surface area (Å²) >= 11 is 0. The van der Waals surface area contributed by atoms with E-state index in [9.17, 15) is 24.0 Å². The van der Waals surface area contributed by atoms with Crippen LogP contribution in [0.1, 0.15) is 70.4 Å². The zero-order valence-corrected chi connectivity index (χ0v) is 26.3. The van der Waals surface area contributed by atoms with E-state index in [0.717, 1.165) is 53.1 Å². The van der Waals surface area contributed by atoms with Gasteiger partial charge in [-0.05, 0) is 66.8 Å². The summed E-state index contributed by atoms with van der Waals surface area (Å²) in [6.07, 6.45) is 7.79. The van der Waals surface area contributed by atoms with Gasteiger partial charge in [0, 0.05) is 25.7 Å². The van der Waals surface area contributed by atoms with E-state index >= 15 is 0 Å². The summed E-state index contributed by atoms with van der Waals surface area (Å²) < 4.78 is 11.5. The van der Waals surface area contributed by atoms with Crippen LogP contribution < -0.4 is 25.4 Å². The number of ether oxygens (including phenoxy) is 2. The molecule has 3 N–H and O–H groups in total. The Labute approximate surface area is 273 Å². The van der Waals surface area contributed by atoms with Crippen molar-refractivity contribution in [2.45, 2.75) is 44.6 Å². The molecule has 0 aromatic heterocycles. The van der Waals surface area contributed by atoms with Crippen LogP contribution in [-0.4, -0.2) is 67.3 Å². The fourth-order valence-corrected chi connectivity index (χ4v) is 5.43. The predicted molar refractivity (Wildman–Crippen MR) is 177 cm³/mol. The standard InChI is InChI=1S/C36H38N4O7/c1-37-26-15-11-24(12-16-26)9-10-25-13-17-27(18-14-25)46-22-5-3-2-4-21-38-32(42)23-47-30-8-6-7-28-33(30)36(45)40(35(28)44)29-19-20-31(41)39-34(29)43/h6-18,29,37H,2-5,19-23H2,1H3,(H,38,42)(H,39,41,43)/b10-9+. The number of fused-ring (bicyclic) bond motifs is 1. The molecule has 2 aliphatic heterocycles. The minimum Gasteiger partial charge on any atom is -0.494 e. The van der Waals surface area contributed by atoms with Crippen molar-refractivity contribution in [3.05, 3.63) is 89.0 Å². The number of rotatable bonds is 15. The number of carbonyl (C=O) groups is 5. The zero-order valence-electron chi connectivity index (χ0n) is 26.3. The molecule has 2 heterocycles. The molecule has 0 spiro atoms. The van der Waals surface area contributed by atoms with Gasteiger partial charge >= 0.3 is 0 Å². The number of hydrogen-bond acceptors (Lipinski definition) is 8. The molecule has 1 atom stereocenters. The lowest BCUT2D eigenvalue weighted by Gasteiger charge is -2.27. The Morgan fingerprint density at radius 1 is 0.872 bits per heavy atom. The van der Waals surface area contributed by atoms with E-state index in [1.54, 1.807) is 6.07 Å². The highest BCUT2D eigenvalue weighted by atomic mass is 16.5. The summed E-state index contributed by atoms with van der Waals surface area (Å²) in [5.41, 5.74) is 3.41. The van der Waals surface area contributed by atoms with Gasteiger partial charge in [0.25, 0.3) is 17.7 Å². The van der Waals surface area contributed by atoms with Crippen LogP contribution in [0.5, 0.6) is 11.5 Å². The highest BCUT2D eigenvalue weighted by Gasteiger charge is 2.46. The average molecular weight is 639 g/mol. The Kier molecular flexibility index (Phi) is 11.0. The van der Waals surface area contributed by atoms with Crippen molar-refractivity contribution in [1.82, 2.24) is 15.5 Å². The van der Waals surface area contributed by atoms with E-state index in [4.69, 9.17) is 9.47 Å². The third-order valence-corrected chi connectivity index (χ3v) is 8.00. The van der Waals surface area contributed by atoms with Gasteiger partial charge in [-0.3, -0.25) is 34.2 Å². The normalized spacial score (nSPS) is 15.9. The van der Waals surface area contributed by atoms with E-state index < -0.39 is 29.7 Å².